The second-order valence-corrected chi connectivity index (χ2v) is 7.31. The third kappa shape index (κ3) is 2.73. The van der Waals surface area contributed by atoms with Crippen LogP contribution in [0.1, 0.15) is 30.5 Å². The van der Waals surface area contributed by atoms with Gasteiger partial charge in [-0.05, 0) is 41.7 Å². The Morgan fingerprint density at radius 3 is 1.32 bits per heavy atom. The van der Waals surface area contributed by atoms with Crippen LogP contribution in [0.25, 0.3) is 11.1 Å². The quantitative estimate of drug-likeness (QED) is 0.552. The smallest absolute Gasteiger partial charge is 0.141 e. The van der Waals surface area contributed by atoms with Gasteiger partial charge in [0.15, 0.2) is 0 Å². The molecule has 28 heavy (non-hydrogen) atoms. The van der Waals surface area contributed by atoms with Crippen LogP contribution in [-0.4, -0.2) is 11.6 Å². The molecule has 0 spiro atoms. The molecular weight excluding hydrogens is 344 g/mol. The van der Waals surface area contributed by atoms with E-state index in [-0.39, 0.29) is 11.6 Å². The van der Waals surface area contributed by atoms with E-state index in [9.17, 15) is 9.59 Å². The van der Waals surface area contributed by atoms with Crippen molar-refractivity contribution in [2.75, 3.05) is 0 Å². The molecule has 0 fully saturated rings. The fourth-order valence-electron chi connectivity index (χ4n) is 4.59. The Labute approximate surface area is 165 Å². The summed E-state index contributed by atoms with van der Waals surface area (Å²) in [5.41, 5.74) is 4.52. The van der Waals surface area contributed by atoms with Gasteiger partial charge in [0, 0.05) is 0 Å². The van der Waals surface area contributed by atoms with Crippen molar-refractivity contribution in [1.29, 1.82) is 0 Å². The molecule has 0 saturated heterocycles. The third-order valence-corrected chi connectivity index (χ3v) is 5.58. The number of ketones is 2. The van der Waals surface area contributed by atoms with Gasteiger partial charge in [-0.2, -0.15) is 0 Å². The van der Waals surface area contributed by atoms with Crippen molar-refractivity contribution < 1.29 is 9.59 Å². The summed E-state index contributed by atoms with van der Waals surface area (Å²) in [6.07, 6.45) is 0. The van der Waals surface area contributed by atoms with Gasteiger partial charge in [0.2, 0.25) is 0 Å². The second kappa shape index (κ2) is 7.05. The van der Waals surface area contributed by atoms with Gasteiger partial charge in [0.25, 0.3) is 0 Å². The largest absolute Gasteiger partial charge is 0.299 e. The van der Waals surface area contributed by atoms with Crippen molar-refractivity contribution in [3.05, 3.63) is 108 Å². The first-order valence-corrected chi connectivity index (χ1v) is 9.51. The van der Waals surface area contributed by atoms with Crippen molar-refractivity contribution in [2.45, 2.75) is 19.3 Å². The Hall–Kier alpha value is -3.26. The number of hydrogen-bond donors (Lipinski definition) is 0. The van der Waals surface area contributed by atoms with Crippen molar-refractivity contribution >= 4 is 22.7 Å². The first-order chi connectivity index (χ1) is 13.6. The predicted octanol–water partition coefficient (Wildman–Crippen LogP) is 5.34. The maximum Gasteiger partial charge on any atom is 0.141 e. The molecule has 3 aromatic carbocycles. The van der Waals surface area contributed by atoms with Crippen LogP contribution < -0.4 is 0 Å². The summed E-state index contributed by atoms with van der Waals surface area (Å²) < 4.78 is 0. The molecule has 0 aliphatic heterocycles. The van der Waals surface area contributed by atoms with Crippen LogP contribution in [0.3, 0.4) is 0 Å². The van der Waals surface area contributed by atoms with Crippen LogP contribution in [0.15, 0.2) is 91.0 Å². The number of allylic oxidation sites excluding steroid dienone is 2. The minimum atomic E-state index is -0.736. The fraction of sp³-hybridized carbons (Fsp3) is 0.154. The summed E-state index contributed by atoms with van der Waals surface area (Å²) in [6, 6.07) is 30.1. The van der Waals surface area contributed by atoms with Crippen LogP contribution >= 0.6 is 0 Å². The summed E-state index contributed by atoms with van der Waals surface area (Å²) in [6.45, 7) is 3.06. The summed E-state index contributed by atoms with van der Waals surface area (Å²) >= 11 is 0. The maximum atomic E-state index is 12.8. The average Bonchev–Trinajstić information content (AvgIpc) is 3.40. The third-order valence-electron chi connectivity index (χ3n) is 5.58. The van der Waals surface area contributed by atoms with E-state index in [1.54, 1.807) is 0 Å². The second-order valence-electron chi connectivity index (χ2n) is 7.31. The lowest BCUT2D eigenvalue weighted by molar-refractivity contribution is -0.131. The summed E-state index contributed by atoms with van der Waals surface area (Å²) in [7, 11) is 0. The number of rotatable bonds is 6. The number of Topliss-reactive ketones (excluding diaryl/α,β-unsaturated/α-hetero) is 2. The number of hydrogen-bond acceptors (Lipinski definition) is 2. The first kappa shape index (κ1) is 18.1. The number of carbonyl (C=O) groups excluding carboxylic acids is 2. The minimum Gasteiger partial charge on any atom is -0.299 e. The molecule has 0 atom stereocenters. The SMILES string of the molecule is CC(=O)C(C(C)=O)C1(c2ccccc2)C(c2ccccc2)=C1c1ccccc1. The molecule has 0 aromatic heterocycles. The Kier molecular flexibility index (Phi) is 4.56. The van der Waals surface area contributed by atoms with E-state index < -0.39 is 11.3 Å². The van der Waals surface area contributed by atoms with Crippen LogP contribution in [0.5, 0.6) is 0 Å². The van der Waals surface area contributed by atoms with E-state index in [0.717, 1.165) is 27.8 Å². The van der Waals surface area contributed by atoms with E-state index in [2.05, 4.69) is 24.3 Å². The van der Waals surface area contributed by atoms with Gasteiger partial charge in [-0.3, -0.25) is 9.59 Å². The van der Waals surface area contributed by atoms with Crippen molar-refractivity contribution in [2.24, 2.45) is 5.92 Å². The molecule has 2 heteroatoms. The highest BCUT2D eigenvalue weighted by Gasteiger charge is 2.62. The predicted molar refractivity (Wildman–Crippen MR) is 113 cm³/mol. The molecule has 1 aliphatic rings. The fourth-order valence-corrected chi connectivity index (χ4v) is 4.59. The topological polar surface area (TPSA) is 34.1 Å². The van der Waals surface area contributed by atoms with Crippen molar-refractivity contribution in [3.63, 3.8) is 0 Å². The zero-order valence-electron chi connectivity index (χ0n) is 16.1. The Bertz CT molecular complexity index is 984. The highest BCUT2D eigenvalue weighted by Crippen LogP contribution is 2.68. The summed E-state index contributed by atoms with van der Waals surface area (Å²) in [5, 5.41) is 0. The Morgan fingerprint density at radius 2 is 0.964 bits per heavy atom. The molecule has 0 N–H and O–H groups in total. The van der Waals surface area contributed by atoms with Crippen molar-refractivity contribution in [1.82, 2.24) is 0 Å². The van der Waals surface area contributed by atoms with Gasteiger partial charge in [0.1, 0.15) is 11.6 Å². The molecule has 2 nitrogen and oxygen atoms in total. The molecular formula is C26H22O2. The minimum absolute atomic E-state index is 0.101. The van der Waals surface area contributed by atoms with E-state index >= 15 is 0 Å². The summed E-state index contributed by atoms with van der Waals surface area (Å²) in [4.78, 5) is 25.5. The molecule has 3 aromatic rings. The Balaban J connectivity index is 2.03. The highest BCUT2D eigenvalue weighted by atomic mass is 16.1. The zero-order chi connectivity index (χ0) is 19.7. The molecule has 138 valence electrons. The van der Waals surface area contributed by atoms with Crippen molar-refractivity contribution in [3.8, 4) is 0 Å². The van der Waals surface area contributed by atoms with Crippen LogP contribution in [0.2, 0.25) is 0 Å². The molecule has 0 bridgehead atoms. The Morgan fingerprint density at radius 1 is 0.607 bits per heavy atom. The van der Waals surface area contributed by atoms with Gasteiger partial charge in [0.05, 0.1) is 11.3 Å². The van der Waals surface area contributed by atoms with Gasteiger partial charge < -0.3 is 0 Å². The lowest BCUT2D eigenvalue weighted by atomic mass is 9.71. The highest BCUT2D eigenvalue weighted by molar-refractivity contribution is 6.25. The molecule has 0 saturated carbocycles. The molecule has 0 heterocycles. The standard InChI is InChI=1S/C26H22O2/c1-18(27)23(19(2)28)26(22-16-10-5-11-17-22)24(20-12-6-3-7-13-20)25(26)21-14-8-4-9-15-21/h3-17,23H,1-2H3. The monoisotopic (exact) mass is 366 g/mol. The molecule has 0 radical (unpaired) electrons. The van der Waals surface area contributed by atoms with Gasteiger partial charge in [-0.25, -0.2) is 0 Å². The normalized spacial score (nSPS) is 14.8. The summed E-state index contributed by atoms with van der Waals surface area (Å²) in [5.74, 6) is -0.938. The van der Waals surface area contributed by atoms with E-state index in [1.165, 1.54) is 13.8 Å². The van der Waals surface area contributed by atoms with Gasteiger partial charge in [-0.1, -0.05) is 91.0 Å². The van der Waals surface area contributed by atoms with E-state index in [4.69, 9.17) is 0 Å². The van der Waals surface area contributed by atoms with E-state index in [1.807, 2.05) is 66.7 Å². The van der Waals surface area contributed by atoms with Crippen LogP contribution in [0.4, 0.5) is 0 Å². The molecule has 4 rings (SSSR count). The van der Waals surface area contributed by atoms with Crippen LogP contribution in [-0.2, 0) is 15.0 Å². The molecule has 0 amide bonds. The lowest BCUT2D eigenvalue weighted by Gasteiger charge is -2.28. The average molecular weight is 366 g/mol. The molecule has 0 unspecified atom stereocenters. The lowest BCUT2D eigenvalue weighted by Crippen LogP contribution is -2.36. The first-order valence-electron chi connectivity index (χ1n) is 9.51. The van der Waals surface area contributed by atoms with Crippen LogP contribution in [0, 0.1) is 5.92 Å². The number of carbonyl (C=O) groups is 2. The number of benzene rings is 3. The molecule has 1 aliphatic carbocycles. The van der Waals surface area contributed by atoms with Gasteiger partial charge >= 0.3 is 0 Å². The maximum absolute atomic E-state index is 12.8. The van der Waals surface area contributed by atoms with Gasteiger partial charge in [-0.15, -0.1) is 0 Å². The van der Waals surface area contributed by atoms with E-state index in [0.29, 0.717) is 0 Å². The zero-order valence-corrected chi connectivity index (χ0v) is 16.1.